The SMILES string of the molecule is CC1CCCN(c2ccc(CNC(=O)CN(c3ccc(C(=O)N(C)C)cc3)S(C)(=O)=O)cc2)C1. The number of anilines is 2. The Morgan fingerprint density at radius 2 is 1.71 bits per heavy atom. The summed E-state index contributed by atoms with van der Waals surface area (Å²) in [4.78, 5) is 28.5. The van der Waals surface area contributed by atoms with E-state index < -0.39 is 15.9 Å². The molecule has 34 heavy (non-hydrogen) atoms. The van der Waals surface area contributed by atoms with E-state index in [0.717, 1.165) is 29.2 Å². The normalized spacial score (nSPS) is 16.1. The number of nitrogens with one attached hydrogen (secondary N) is 1. The Hall–Kier alpha value is -3.07. The fourth-order valence-electron chi connectivity index (χ4n) is 4.06. The highest BCUT2D eigenvalue weighted by Gasteiger charge is 2.21. The van der Waals surface area contributed by atoms with E-state index in [2.05, 4.69) is 29.3 Å². The van der Waals surface area contributed by atoms with Crippen LogP contribution in [0.2, 0.25) is 0 Å². The van der Waals surface area contributed by atoms with Gasteiger partial charge in [0.1, 0.15) is 6.54 Å². The average molecular weight is 487 g/mol. The third-order valence-electron chi connectivity index (χ3n) is 5.94. The van der Waals surface area contributed by atoms with Crippen LogP contribution in [0.15, 0.2) is 48.5 Å². The van der Waals surface area contributed by atoms with Crippen molar-refractivity contribution >= 4 is 33.2 Å². The number of sulfonamides is 1. The lowest BCUT2D eigenvalue weighted by Gasteiger charge is -2.32. The number of benzene rings is 2. The van der Waals surface area contributed by atoms with E-state index >= 15 is 0 Å². The summed E-state index contributed by atoms with van der Waals surface area (Å²) in [6.07, 6.45) is 3.52. The van der Waals surface area contributed by atoms with Crippen molar-refractivity contribution in [2.75, 3.05) is 49.2 Å². The highest BCUT2D eigenvalue weighted by molar-refractivity contribution is 7.92. The minimum atomic E-state index is -3.70. The van der Waals surface area contributed by atoms with Crippen LogP contribution in [0.5, 0.6) is 0 Å². The Morgan fingerprint density at radius 1 is 1.06 bits per heavy atom. The molecule has 1 saturated heterocycles. The zero-order valence-electron chi connectivity index (χ0n) is 20.3. The minimum Gasteiger partial charge on any atom is -0.371 e. The molecule has 1 unspecified atom stereocenters. The van der Waals surface area contributed by atoms with Crippen LogP contribution >= 0.6 is 0 Å². The van der Waals surface area contributed by atoms with Crippen molar-refractivity contribution in [2.45, 2.75) is 26.3 Å². The molecule has 1 atom stereocenters. The van der Waals surface area contributed by atoms with Gasteiger partial charge in [0.05, 0.1) is 11.9 Å². The standard InChI is InChI=1S/C25H34N4O4S/c1-19-6-5-15-28(17-19)22-11-7-20(8-12-22)16-26-24(30)18-29(34(4,32)33)23-13-9-21(10-14-23)25(31)27(2)3/h7-14,19H,5-6,15-18H2,1-4H3,(H,26,30). The van der Waals surface area contributed by atoms with Crippen LogP contribution in [-0.4, -0.2) is 65.1 Å². The molecule has 1 heterocycles. The molecule has 2 aromatic carbocycles. The van der Waals surface area contributed by atoms with E-state index in [1.807, 2.05) is 12.1 Å². The Kier molecular flexibility index (Phi) is 8.19. The molecule has 2 aromatic rings. The maximum atomic E-state index is 12.6. The highest BCUT2D eigenvalue weighted by atomic mass is 32.2. The Morgan fingerprint density at radius 3 is 2.26 bits per heavy atom. The van der Waals surface area contributed by atoms with Gasteiger partial charge in [-0.25, -0.2) is 8.42 Å². The van der Waals surface area contributed by atoms with Crippen molar-refractivity contribution in [1.82, 2.24) is 10.2 Å². The summed E-state index contributed by atoms with van der Waals surface area (Å²) in [7, 11) is -0.409. The van der Waals surface area contributed by atoms with Gasteiger partial charge in [-0.1, -0.05) is 19.1 Å². The maximum absolute atomic E-state index is 12.6. The molecule has 0 aliphatic carbocycles. The fourth-order valence-corrected chi connectivity index (χ4v) is 4.92. The molecule has 0 spiro atoms. The lowest BCUT2D eigenvalue weighted by Crippen LogP contribution is -2.40. The third-order valence-corrected chi connectivity index (χ3v) is 7.08. The second-order valence-corrected chi connectivity index (χ2v) is 11.1. The zero-order chi connectivity index (χ0) is 24.9. The summed E-state index contributed by atoms with van der Waals surface area (Å²) in [5, 5.41) is 2.80. The molecule has 184 valence electrons. The first-order chi connectivity index (χ1) is 16.0. The van der Waals surface area contributed by atoms with E-state index in [1.165, 1.54) is 35.6 Å². The van der Waals surface area contributed by atoms with Gasteiger partial charge in [0, 0.05) is 45.0 Å². The van der Waals surface area contributed by atoms with Gasteiger partial charge >= 0.3 is 0 Å². The number of piperidine rings is 1. The second kappa shape index (κ2) is 10.9. The number of amides is 2. The Balaban J connectivity index is 1.60. The van der Waals surface area contributed by atoms with Crippen molar-refractivity contribution in [3.63, 3.8) is 0 Å². The molecule has 0 aromatic heterocycles. The molecule has 1 fully saturated rings. The molecule has 3 rings (SSSR count). The lowest BCUT2D eigenvalue weighted by atomic mass is 9.99. The summed E-state index contributed by atoms with van der Waals surface area (Å²) < 4.78 is 25.7. The average Bonchev–Trinajstić information content (AvgIpc) is 2.80. The van der Waals surface area contributed by atoms with Crippen LogP contribution in [-0.2, 0) is 21.4 Å². The summed E-state index contributed by atoms with van der Waals surface area (Å²) >= 11 is 0. The van der Waals surface area contributed by atoms with Crippen molar-refractivity contribution < 1.29 is 18.0 Å². The molecule has 0 saturated carbocycles. The smallest absolute Gasteiger partial charge is 0.253 e. The first kappa shape index (κ1) is 25.6. The Bertz CT molecular complexity index is 1100. The summed E-state index contributed by atoms with van der Waals surface area (Å²) in [6, 6.07) is 14.3. The van der Waals surface area contributed by atoms with Gasteiger partial charge < -0.3 is 15.1 Å². The van der Waals surface area contributed by atoms with Crippen molar-refractivity contribution in [1.29, 1.82) is 0 Å². The number of nitrogens with zero attached hydrogens (tertiary/aromatic N) is 3. The monoisotopic (exact) mass is 486 g/mol. The highest BCUT2D eigenvalue weighted by Crippen LogP contribution is 2.23. The number of rotatable bonds is 8. The van der Waals surface area contributed by atoms with Crippen LogP contribution in [0.3, 0.4) is 0 Å². The predicted molar refractivity (Wildman–Crippen MR) is 136 cm³/mol. The lowest BCUT2D eigenvalue weighted by molar-refractivity contribution is -0.119. The Labute approximate surface area is 202 Å². The van der Waals surface area contributed by atoms with E-state index in [0.29, 0.717) is 23.7 Å². The zero-order valence-corrected chi connectivity index (χ0v) is 21.1. The quantitative estimate of drug-likeness (QED) is 0.620. The van der Waals surface area contributed by atoms with E-state index in [4.69, 9.17) is 0 Å². The fraction of sp³-hybridized carbons (Fsp3) is 0.440. The first-order valence-corrected chi connectivity index (χ1v) is 13.3. The molecule has 0 bridgehead atoms. The molecule has 9 heteroatoms. The summed E-state index contributed by atoms with van der Waals surface area (Å²) in [5.74, 6) is 0.0963. The van der Waals surface area contributed by atoms with E-state index in [-0.39, 0.29) is 12.5 Å². The largest absolute Gasteiger partial charge is 0.371 e. The summed E-state index contributed by atoms with van der Waals surface area (Å²) in [5.41, 5.74) is 2.89. The molecule has 1 aliphatic rings. The maximum Gasteiger partial charge on any atom is 0.253 e. The molecule has 0 radical (unpaired) electrons. The topological polar surface area (TPSA) is 90.0 Å². The van der Waals surface area contributed by atoms with Crippen LogP contribution < -0.4 is 14.5 Å². The van der Waals surface area contributed by atoms with Crippen LogP contribution in [0.4, 0.5) is 11.4 Å². The van der Waals surface area contributed by atoms with Gasteiger partial charge in [-0.3, -0.25) is 13.9 Å². The summed E-state index contributed by atoms with van der Waals surface area (Å²) in [6.45, 7) is 4.36. The van der Waals surface area contributed by atoms with E-state index in [9.17, 15) is 18.0 Å². The van der Waals surface area contributed by atoms with Gasteiger partial charge in [0.2, 0.25) is 15.9 Å². The molecule has 1 N–H and O–H groups in total. The van der Waals surface area contributed by atoms with Crippen molar-refractivity contribution in [3.8, 4) is 0 Å². The van der Waals surface area contributed by atoms with Crippen molar-refractivity contribution in [3.05, 3.63) is 59.7 Å². The number of carbonyl (C=O) groups excluding carboxylic acids is 2. The third kappa shape index (κ3) is 6.72. The number of carbonyl (C=O) groups is 2. The minimum absolute atomic E-state index is 0.184. The molecular formula is C25H34N4O4S. The second-order valence-electron chi connectivity index (χ2n) is 9.15. The number of hydrogen-bond acceptors (Lipinski definition) is 5. The number of hydrogen-bond donors (Lipinski definition) is 1. The molecule has 1 aliphatic heterocycles. The van der Waals surface area contributed by atoms with Gasteiger partial charge in [0.25, 0.3) is 5.91 Å². The molecule has 8 nitrogen and oxygen atoms in total. The van der Waals surface area contributed by atoms with Crippen LogP contribution in [0.25, 0.3) is 0 Å². The molecular weight excluding hydrogens is 452 g/mol. The van der Waals surface area contributed by atoms with Gasteiger partial charge in [0.15, 0.2) is 0 Å². The van der Waals surface area contributed by atoms with Crippen molar-refractivity contribution in [2.24, 2.45) is 5.92 Å². The van der Waals surface area contributed by atoms with Crippen LogP contribution in [0.1, 0.15) is 35.7 Å². The van der Waals surface area contributed by atoms with Crippen LogP contribution in [0, 0.1) is 5.92 Å². The van der Waals surface area contributed by atoms with Gasteiger partial charge in [-0.05, 0) is 60.7 Å². The van der Waals surface area contributed by atoms with Gasteiger partial charge in [-0.15, -0.1) is 0 Å². The molecule has 2 amide bonds. The first-order valence-electron chi connectivity index (χ1n) is 11.4. The predicted octanol–water partition coefficient (Wildman–Crippen LogP) is 2.71. The van der Waals surface area contributed by atoms with Gasteiger partial charge in [-0.2, -0.15) is 0 Å². The van der Waals surface area contributed by atoms with E-state index in [1.54, 1.807) is 26.2 Å².